The molecule has 5 aliphatic carbocycles. The normalized spacial score (nSPS) is 52.2. The minimum absolute atomic E-state index is 0.578. The molecule has 4 bridgehead atoms. The van der Waals surface area contributed by atoms with Gasteiger partial charge in [0.1, 0.15) is 0 Å². The highest BCUT2D eigenvalue weighted by Crippen LogP contribution is 2.62. The average molecular weight is 276 g/mol. The quantitative estimate of drug-likeness (QED) is 0.607. The molecule has 1 unspecified atom stereocenters. The molecule has 5 aliphatic rings. The van der Waals surface area contributed by atoms with Gasteiger partial charge in [-0.15, -0.1) is 0 Å². The Hall–Kier alpha value is -0.0800. The number of rotatable bonds is 3. The smallest absolute Gasteiger partial charge is 0.0295 e. The predicted molar refractivity (Wildman–Crippen MR) is 82.8 cm³/mol. The van der Waals surface area contributed by atoms with Crippen LogP contribution >= 0.6 is 0 Å². The van der Waals surface area contributed by atoms with Gasteiger partial charge in [0, 0.05) is 6.04 Å². The molecule has 3 N–H and O–H groups in total. The third-order valence-electron chi connectivity index (χ3n) is 7.46. The third kappa shape index (κ3) is 2.14. The summed E-state index contributed by atoms with van der Waals surface area (Å²) in [6.07, 6.45) is 14.8. The summed E-state index contributed by atoms with van der Waals surface area (Å²) in [6.45, 7) is 2.42. The molecule has 0 aromatic carbocycles. The van der Waals surface area contributed by atoms with E-state index in [1.54, 1.807) is 0 Å². The lowest BCUT2D eigenvalue weighted by molar-refractivity contribution is -0.0888. The van der Waals surface area contributed by atoms with Gasteiger partial charge in [-0.25, -0.2) is 0 Å². The van der Waals surface area contributed by atoms with Crippen LogP contribution < -0.4 is 11.3 Å². The van der Waals surface area contributed by atoms with Crippen LogP contribution in [-0.4, -0.2) is 6.04 Å². The van der Waals surface area contributed by atoms with Crippen LogP contribution in [0.4, 0.5) is 0 Å². The molecule has 0 aromatic rings. The van der Waals surface area contributed by atoms with E-state index in [9.17, 15) is 0 Å². The molecule has 0 aromatic heterocycles. The summed E-state index contributed by atoms with van der Waals surface area (Å²) < 4.78 is 0. The lowest BCUT2D eigenvalue weighted by atomic mass is 9.46. The van der Waals surface area contributed by atoms with Gasteiger partial charge < -0.3 is 0 Å². The summed E-state index contributed by atoms with van der Waals surface area (Å²) in [6, 6.07) is 0.614. The van der Waals surface area contributed by atoms with Gasteiger partial charge in [-0.3, -0.25) is 11.3 Å². The molecule has 1 atom stereocenters. The van der Waals surface area contributed by atoms with Crippen molar-refractivity contribution >= 4 is 0 Å². The van der Waals surface area contributed by atoms with Crippen LogP contribution in [0, 0.1) is 35.0 Å². The minimum atomic E-state index is 0.578. The molecular weight excluding hydrogens is 244 g/mol. The van der Waals surface area contributed by atoms with Crippen molar-refractivity contribution in [3.63, 3.8) is 0 Å². The van der Waals surface area contributed by atoms with Crippen molar-refractivity contribution < 1.29 is 0 Å². The highest BCUT2D eigenvalue weighted by molar-refractivity contribution is 5.07. The second kappa shape index (κ2) is 4.98. The fourth-order valence-corrected chi connectivity index (χ4v) is 6.99. The van der Waals surface area contributed by atoms with Crippen LogP contribution in [0.2, 0.25) is 0 Å². The van der Waals surface area contributed by atoms with Gasteiger partial charge in [0.2, 0.25) is 0 Å². The summed E-state index contributed by atoms with van der Waals surface area (Å²) in [5.41, 5.74) is 3.92. The maximum atomic E-state index is 6.11. The summed E-state index contributed by atoms with van der Waals surface area (Å²) >= 11 is 0. The first kappa shape index (κ1) is 13.6. The van der Waals surface area contributed by atoms with Gasteiger partial charge in [0.25, 0.3) is 0 Å². The van der Waals surface area contributed by atoms with Gasteiger partial charge in [0.05, 0.1) is 0 Å². The molecule has 5 rings (SSSR count). The molecule has 0 amide bonds. The maximum Gasteiger partial charge on any atom is 0.0295 e. The predicted octanol–water partition coefficient (Wildman–Crippen LogP) is 3.86. The molecule has 20 heavy (non-hydrogen) atoms. The van der Waals surface area contributed by atoms with Crippen molar-refractivity contribution in [1.82, 2.24) is 5.43 Å². The number of nitrogens with one attached hydrogen (secondary N) is 1. The summed E-state index contributed by atoms with van der Waals surface area (Å²) in [5, 5.41) is 0. The van der Waals surface area contributed by atoms with E-state index in [-0.39, 0.29) is 0 Å². The van der Waals surface area contributed by atoms with Crippen LogP contribution in [0.15, 0.2) is 0 Å². The van der Waals surface area contributed by atoms with Crippen molar-refractivity contribution in [2.75, 3.05) is 0 Å². The number of hydrazine groups is 1. The van der Waals surface area contributed by atoms with Gasteiger partial charge in [-0.2, -0.15) is 0 Å². The number of nitrogens with two attached hydrogens (primary N) is 1. The van der Waals surface area contributed by atoms with Gasteiger partial charge in [-0.1, -0.05) is 19.8 Å². The monoisotopic (exact) mass is 276 g/mol. The average Bonchev–Trinajstić information content (AvgIpc) is 2.40. The van der Waals surface area contributed by atoms with Gasteiger partial charge >= 0.3 is 0 Å². The van der Waals surface area contributed by atoms with E-state index < -0.39 is 0 Å². The van der Waals surface area contributed by atoms with E-state index in [2.05, 4.69) is 12.3 Å². The van der Waals surface area contributed by atoms with Crippen LogP contribution in [0.3, 0.4) is 0 Å². The molecule has 2 nitrogen and oxygen atoms in total. The topological polar surface area (TPSA) is 38.0 Å². The van der Waals surface area contributed by atoms with E-state index in [0.717, 1.165) is 29.6 Å². The molecule has 2 heteroatoms. The Kier molecular flexibility index (Phi) is 3.38. The third-order valence-corrected chi connectivity index (χ3v) is 7.46. The summed E-state index contributed by atoms with van der Waals surface area (Å²) in [5.74, 6) is 11.0. The minimum Gasteiger partial charge on any atom is -0.271 e. The van der Waals surface area contributed by atoms with Gasteiger partial charge in [-0.05, 0) is 86.4 Å². The molecule has 5 saturated carbocycles. The van der Waals surface area contributed by atoms with Crippen LogP contribution in [-0.2, 0) is 0 Å². The van der Waals surface area contributed by atoms with Crippen molar-refractivity contribution in [3.05, 3.63) is 0 Å². The first-order valence-corrected chi connectivity index (χ1v) is 9.14. The van der Waals surface area contributed by atoms with E-state index in [1.165, 1.54) is 64.2 Å². The van der Waals surface area contributed by atoms with Crippen molar-refractivity contribution in [3.8, 4) is 0 Å². The second-order valence-corrected chi connectivity index (χ2v) is 8.94. The van der Waals surface area contributed by atoms with E-state index in [4.69, 9.17) is 5.84 Å². The second-order valence-electron chi connectivity index (χ2n) is 8.94. The maximum absolute atomic E-state index is 6.11. The Bertz CT molecular complexity index is 321. The summed E-state index contributed by atoms with van der Waals surface area (Å²) in [7, 11) is 0. The Balaban J connectivity index is 1.55. The molecule has 5 fully saturated rings. The van der Waals surface area contributed by atoms with Crippen LogP contribution in [0.25, 0.3) is 0 Å². The SMILES string of the molecule is CC1CCC(C(NN)C23CC4CC(CC(C4)C2)C3)CC1. The van der Waals surface area contributed by atoms with Crippen molar-refractivity contribution in [2.24, 2.45) is 40.8 Å². The molecular formula is C18H32N2. The van der Waals surface area contributed by atoms with Crippen molar-refractivity contribution in [1.29, 1.82) is 0 Å². The number of hydrogen-bond donors (Lipinski definition) is 2. The fourth-order valence-electron chi connectivity index (χ4n) is 6.99. The molecule has 0 aliphatic heterocycles. The molecule has 0 heterocycles. The van der Waals surface area contributed by atoms with E-state index in [0.29, 0.717) is 11.5 Å². The zero-order valence-electron chi connectivity index (χ0n) is 13.1. The highest BCUT2D eigenvalue weighted by atomic mass is 15.2. The zero-order chi connectivity index (χ0) is 13.7. The lowest BCUT2D eigenvalue weighted by Crippen LogP contribution is -2.60. The largest absolute Gasteiger partial charge is 0.271 e. The molecule has 0 saturated heterocycles. The first-order chi connectivity index (χ1) is 9.68. The first-order valence-electron chi connectivity index (χ1n) is 9.14. The Morgan fingerprint density at radius 3 is 1.85 bits per heavy atom. The molecule has 0 spiro atoms. The highest BCUT2D eigenvalue weighted by Gasteiger charge is 2.55. The molecule has 114 valence electrons. The van der Waals surface area contributed by atoms with Crippen LogP contribution in [0.5, 0.6) is 0 Å². The molecule has 0 radical (unpaired) electrons. The van der Waals surface area contributed by atoms with E-state index >= 15 is 0 Å². The fraction of sp³-hybridized carbons (Fsp3) is 1.00. The zero-order valence-corrected chi connectivity index (χ0v) is 13.1. The standard InChI is InChI=1S/C18H32N2/c1-12-2-4-16(5-3-12)17(20-19)18-9-13-6-14(10-18)8-15(7-13)11-18/h12-17,20H,2-11,19H2,1H3. The number of hydrogen-bond acceptors (Lipinski definition) is 2. The Morgan fingerprint density at radius 2 is 1.40 bits per heavy atom. The summed E-state index contributed by atoms with van der Waals surface area (Å²) in [4.78, 5) is 0. The van der Waals surface area contributed by atoms with Crippen molar-refractivity contribution in [2.45, 2.75) is 77.2 Å². The van der Waals surface area contributed by atoms with E-state index in [1.807, 2.05) is 0 Å². The van der Waals surface area contributed by atoms with Gasteiger partial charge in [0.15, 0.2) is 0 Å². The lowest BCUT2D eigenvalue weighted by Gasteiger charge is -2.60. The Labute approximate surface area is 124 Å². The Morgan fingerprint density at radius 1 is 0.900 bits per heavy atom. The van der Waals surface area contributed by atoms with Crippen LogP contribution in [0.1, 0.15) is 71.1 Å².